The Bertz CT molecular complexity index is 1140. The molecule has 0 spiro atoms. The summed E-state index contributed by atoms with van der Waals surface area (Å²) in [5, 5.41) is 58.8. The van der Waals surface area contributed by atoms with E-state index < -0.39 is 89.7 Å². The van der Waals surface area contributed by atoms with Crippen molar-refractivity contribution in [1.82, 2.24) is 9.55 Å². The monoisotopic (exact) mass is 606 g/mol. The van der Waals surface area contributed by atoms with Crippen molar-refractivity contribution in [1.29, 1.82) is 0 Å². The molecule has 2 saturated heterocycles. The molecule has 3 rings (SSSR count). The summed E-state index contributed by atoms with van der Waals surface area (Å²) in [4.78, 5) is 33.2. The molecule has 2 aliphatic heterocycles. The Kier molecular flexibility index (Phi) is 11.8. The summed E-state index contributed by atoms with van der Waals surface area (Å²) in [6.07, 6.45) is -14.6. The number of H-pyrrole nitrogens is 1. The van der Waals surface area contributed by atoms with Gasteiger partial charge in [0.15, 0.2) is 17.3 Å². The Morgan fingerprint density at radius 1 is 1.00 bits per heavy atom. The van der Waals surface area contributed by atoms with E-state index in [-0.39, 0.29) is 35.8 Å². The van der Waals surface area contributed by atoms with Crippen LogP contribution in [0.5, 0.6) is 0 Å². The second kappa shape index (κ2) is 13.1. The quantitative estimate of drug-likeness (QED) is 0.0718. The predicted octanol–water partition coefficient (Wildman–Crippen LogP) is -6.31. The van der Waals surface area contributed by atoms with Gasteiger partial charge in [-0.05, 0) is 12.2 Å². The van der Waals surface area contributed by atoms with Gasteiger partial charge in [0, 0.05) is 12.3 Å². The minimum Gasteiger partial charge on any atom is -1.00 e. The maximum atomic E-state index is 12.2. The Hall–Kier alpha value is 0.0400. The number of aliphatic hydroxyl groups excluding tert-OH is 6. The number of nitrogens with zero attached hydrogens (tertiary/aromatic N) is 1. The molecule has 18 nitrogen and oxygen atoms in total. The molecule has 9 N–H and O–H groups in total. The molecule has 2 fully saturated rings. The molecule has 2 aliphatic rings. The summed E-state index contributed by atoms with van der Waals surface area (Å²) in [6.45, 7) is -1.84. The van der Waals surface area contributed by atoms with Gasteiger partial charge in [-0.3, -0.25) is 23.4 Å². The van der Waals surface area contributed by atoms with Crippen LogP contribution in [-0.2, 0) is 32.0 Å². The number of hydrogen-bond donors (Lipinski definition) is 9. The van der Waals surface area contributed by atoms with Crippen LogP contribution >= 0.6 is 27.9 Å². The number of aromatic nitrogens is 2. The normalized spacial score (nSPS) is 37.4. The van der Waals surface area contributed by atoms with Gasteiger partial charge in [-0.2, -0.15) is 4.31 Å². The van der Waals surface area contributed by atoms with E-state index in [1.165, 1.54) is 6.20 Å². The van der Waals surface area contributed by atoms with E-state index in [2.05, 4.69) is 18.3 Å². The second-order valence-corrected chi connectivity index (χ2v) is 11.1. The van der Waals surface area contributed by atoms with Crippen molar-refractivity contribution in [2.24, 2.45) is 0 Å². The van der Waals surface area contributed by atoms with Crippen LogP contribution in [0, 0.1) is 4.77 Å². The molecule has 0 aliphatic carbocycles. The van der Waals surface area contributed by atoms with E-state index in [0.29, 0.717) is 0 Å². The minimum absolute atomic E-state index is 0. The molecule has 0 radical (unpaired) electrons. The standard InChI is InChI=1S/C15H24N2O16P2S.Na.H/c18-3-5-8(20)10(22)12(24)14(31-5)32-35(27,28)33-34(25,26)29-4-6-9(21)11(23)13(30-6)17-2-1-7(19)16-15(17)36;;/h1-2,5-6,8-14,18,20-24H,3-4H2,(H,25,26)(H,27,28)(H,16,19,36);;/q;+1;-1/t5-,6-,8-,9-,10+,11-,12-,13-,14-;;/m1../s1. The first-order valence-electron chi connectivity index (χ1n) is 9.99. The number of aromatic amines is 1. The Morgan fingerprint density at radius 3 is 2.22 bits per heavy atom. The maximum absolute atomic E-state index is 12.2. The molecule has 0 amide bonds. The van der Waals surface area contributed by atoms with Crippen molar-refractivity contribution >= 4 is 27.9 Å². The fraction of sp³-hybridized carbons (Fsp3) is 0.733. The molecule has 37 heavy (non-hydrogen) atoms. The fourth-order valence-electron chi connectivity index (χ4n) is 3.35. The van der Waals surface area contributed by atoms with Crippen molar-refractivity contribution < 1.29 is 103 Å². The van der Waals surface area contributed by atoms with Gasteiger partial charge < -0.3 is 51.3 Å². The molecular weight excluding hydrogens is 581 g/mol. The smallest absolute Gasteiger partial charge is 1.00 e. The van der Waals surface area contributed by atoms with Crippen molar-refractivity contribution in [2.45, 2.75) is 55.2 Å². The summed E-state index contributed by atoms with van der Waals surface area (Å²) < 4.78 is 48.6. The molecule has 1 aromatic rings. The molecule has 3 heterocycles. The number of hydrogen-bond acceptors (Lipinski definition) is 15. The third-order valence-electron chi connectivity index (χ3n) is 5.16. The van der Waals surface area contributed by atoms with Crippen LogP contribution in [0.15, 0.2) is 17.1 Å². The molecule has 0 saturated carbocycles. The average molecular weight is 606 g/mol. The summed E-state index contributed by atoms with van der Waals surface area (Å²) in [7, 11) is -11.0. The molecule has 11 atom stereocenters. The Morgan fingerprint density at radius 2 is 1.62 bits per heavy atom. The van der Waals surface area contributed by atoms with Gasteiger partial charge in [0.25, 0.3) is 5.56 Å². The number of nitrogens with one attached hydrogen (secondary N) is 1. The average Bonchev–Trinajstić information content (AvgIpc) is 3.06. The van der Waals surface area contributed by atoms with Crippen molar-refractivity contribution in [3.05, 3.63) is 27.4 Å². The van der Waals surface area contributed by atoms with Crippen LogP contribution in [0.4, 0.5) is 0 Å². The largest absolute Gasteiger partial charge is 1.00 e. The number of aliphatic hydroxyl groups is 6. The summed E-state index contributed by atoms with van der Waals surface area (Å²) in [5.41, 5.74) is -0.540. The SMILES string of the molecule is O=c1ccn([C@@H]2O[C@H](COP(=O)(O)OP(=O)(O)O[C@H]3O[C@H](CO)[C@@H](O)[C@H](O)[C@H]3O)[C@@H](O)[C@H]2O)c(=S)[nH]1.[H-].[Na+]. The van der Waals surface area contributed by atoms with Crippen molar-refractivity contribution in [3.8, 4) is 0 Å². The van der Waals surface area contributed by atoms with E-state index in [1.54, 1.807) is 0 Å². The number of phosphoric ester groups is 2. The maximum Gasteiger partial charge on any atom is 1.00 e. The van der Waals surface area contributed by atoms with E-state index in [0.717, 1.165) is 10.6 Å². The first-order chi connectivity index (χ1) is 16.7. The van der Waals surface area contributed by atoms with Gasteiger partial charge in [-0.15, -0.1) is 0 Å². The van der Waals surface area contributed by atoms with E-state index in [1.807, 2.05) is 0 Å². The van der Waals surface area contributed by atoms with Crippen LogP contribution in [0.2, 0.25) is 0 Å². The third kappa shape index (κ3) is 8.05. The fourth-order valence-corrected chi connectivity index (χ4v) is 5.77. The van der Waals surface area contributed by atoms with Crippen molar-refractivity contribution in [2.75, 3.05) is 13.2 Å². The summed E-state index contributed by atoms with van der Waals surface area (Å²) in [6, 6.07) is 1.06. The van der Waals surface area contributed by atoms with Crippen LogP contribution in [0.3, 0.4) is 0 Å². The van der Waals surface area contributed by atoms with Gasteiger partial charge >= 0.3 is 45.2 Å². The number of ether oxygens (including phenoxy) is 2. The minimum atomic E-state index is -5.56. The predicted molar refractivity (Wildman–Crippen MR) is 114 cm³/mol. The molecule has 2 unspecified atom stereocenters. The zero-order valence-electron chi connectivity index (χ0n) is 19.9. The molecule has 208 valence electrons. The Balaban J connectivity index is 0.00000361. The Labute approximate surface area is 236 Å². The van der Waals surface area contributed by atoms with Crippen LogP contribution in [0.25, 0.3) is 0 Å². The van der Waals surface area contributed by atoms with E-state index in [4.69, 9.17) is 26.8 Å². The van der Waals surface area contributed by atoms with Crippen LogP contribution < -0.4 is 35.1 Å². The number of phosphoric acid groups is 2. The van der Waals surface area contributed by atoms with E-state index >= 15 is 0 Å². The van der Waals surface area contributed by atoms with Crippen LogP contribution in [0.1, 0.15) is 7.65 Å². The first-order valence-corrected chi connectivity index (χ1v) is 13.4. The zero-order valence-corrected chi connectivity index (χ0v) is 23.5. The topological polar surface area (TPSA) is 280 Å². The zero-order chi connectivity index (χ0) is 27.0. The molecule has 0 aromatic carbocycles. The van der Waals surface area contributed by atoms with Gasteiger partial charge in [0.2, 0.25) is 0 Å². The van der Waals surface area contributed by atoms with Gasteiger partial charge in [-0.25, -0.2) is 9.13 Å². The third-order valence-corrected chi connectivity index (χ3v) is 8.07. The van der Waals surface area contributed by atoms with Gasteiger partial charge in [-0.1, -0.05) is 0 Å². The molecule has 0 bridgehead atoms. The molecule has 1 aromatic heterocycles. The van der Waals surface area contributed by atoms with E-state index in [9.17, 15) is 49.2 Å². The second-order valence-electron chi connectivity index (χ2n) is 7.68. The van der Waals surface area contributed by atoms with Crippen molar-refractivity contribution in [3.63, 3.8) is 0 Å². The number of rotatable bonds is 9. The molecular formula is C15H25N2NaO16P2S. The van der Waals surface area contributed by atoms with Gasteiger partial charge in [0.1, 0.15) is 42.7 Å². The summed E-state index contributed by atoms with van der Waals surface area (Å²) in [5.74, 6) is 0. The summed E-state index contributed by atoms with van der Waals surface area (Å²) >= 11 is 4.95. The first kappa shape index (κ1) is 33.2. The molecule has 22 heteroatoms. The van der Waals surface area contributed by atoms with Gasteiger partial charge in [0.05, 0.1) is 13.2 Å². The van der Waals surface area contributed by atoms with Crippen LogP contribution in [-0.4, -0.2) is 112 Å².